The molecule has 98 valence electrons. The molecule has 3 rings (SSSR count). The molecule has 2 aromatic rings. The smallest absolute Gasteiger partial charge is 0.101 e. The van der Waals surface area contributed by atoms with E-state index in [0.29, 0.717) is 0 Å². The van der Waals surface area contributed by atoms with Gasteiger partial charge in [-0.25, -0.2) is 0 Å². The van der Waals surface area contributed by atoms with E-state index in [1.807, 2.05) is 0 Å². The molecular formula is C16H17BrN2. The molecule has 3 heteroatoms. The van der Waals surface area contributed by atoms with Crippen LogP contribution in [0.25, 0.3) is 10.8 Å². The molecular weight excluding hydrogens is 300 g/mol. The molecule has 0 bridgehead atoms. The van der Waals surface area contributed by atoms with Gasteiger partial charge in [-0.05, 0) is 30.4 Å². The summed E-state index contributed by atoms with van der Waals surface area (Å²) < 4.78 is 1.14. The Morgan fingerprint density at radius 1 is 0.947 bits per heavy atom. The van der Waals surface area contributed by atoms with Crippen LogP contribution >= 0.6 is 15.9 Å². The van der Waals surface area contributed by atoms with Gasteiger partial charge in [0.05, 0.1) is 0 Å². The Bertz CT molecular complexity index is 619. The van der Waals surface area contributed by atoms with Crippen molar-refractivity contribution in [2.75, 3.05) is 11.9 Å². The van der Waals surface area contributed by atoms with Gasteiger partial charge in [0.25, 0.3) is 0 Å². The summed E-state index contributed by atoms with van der Waals surface area (Å²) in [6.07, 6.45) is 4.80. The van der Waals surface area contributed by atoms with Crippen LogP contribution in [0.2, 0.25) is 0 Å². The van der Waals surface area contributed by atoms with Gasteiger partial charge in [0.1, 0.15) is 5.84 Å². The molecule has 1 N–H and O–H groups in total. The van der Waals surface area contributed by atoms with Crippen molar-refractivity contribution in [1.29, 1.82) is 0 Å². The van der Waals surface area contributed by atoms with Crippen molar-refractivity contribution in [1.82, 2.24) is 0 Å². The molecule has 0 saturated carbocycles. The van der Waals surface area contributed by atoms with Gasteiger partial charge in [-0.1, -0.05) is 46.6 Å². The average Bonchev–Trinajstić information content (AvgIpc) is 2.71. The number of aliphatic imine (C=N–C) groups is 1. The summed E-state index contributed by atoms with van der Waals surface area (Å²) in [5.41, 5.74) is 1.15. The minimum absolute atomic E-state index is 0.955. The Morgan fingerprint density at radius 3 is 2.68 bits per heavy atom. The second kappa shape index (κ2) is 5.74. The highest BCUT2D eigenvalue weighted by atomic mass is 79.9. The van der Waals surface area contributed by atoms with Crippen molar-refractivity contribution in [2.45, 2.75) is 25.7 Å². The quantitative estimate of drug-likeness (QED) is 0.787. The standard InChI is InChI=1S/C16H17BrN2/c17-14-9-10-15(13-7-4-3-6-12(13)14)19-16-8-2-1-5-11-18-16/h3-4,6-7,9-10H,1-2,5,8,11H2,(H,18,19). The molecule has 0 aromatic heterocycles. The van der Waals surface area contributed by atoms with Crippen LogP contribution in [0.5, 0.6) is 0 Å². The number of anilines is 1. The van der Waals surface area contributed by atoms with Gasteiger partial charge < -0.3 is 5.32 Å². The highest BCUT2D eigenvalue weighted by molar-refractivity contribution is 9.10. The van der Waals surface area contributed by atoms with Gasteiger partial charge in [0, 0.05) is 28.5 Å². The third kappa shape index (κ3) is 2.81. The first-order valence-corrected chi connectivity index (χ1v) is 7.61. The van der Waals surface area contributed by atoms with E-state index >= 15 is 0 Å². The second-order valence-corrected chi connectivity index (χ2v) is 5.76. The number of nitrogens with zero attached hydrogens (tertiary/aromatic N) is 1. The van der Waals surface area contributed by atoms with Gasteiger partial charge in [-0.15, -0.1) is 0 Å². The molecule has 19 heavy (non-hydrogen) atoms. The van der Waals surface area contributed by atoms with Crippen molar-refractivity contribution in [3.05, 3.63) is 40.9 Å². The zero-order chi connectivity index (χ0) is 13.1. The number of nitrogens with one attached hydrogen (secondary N) is 1. The Labute approximate surface area is 122 Å². The second-order valence-electron chi connectivity index (χ2n) is 4.90. The fourth-order valence-corrected chi connectivity index (χ4v) is 2.98. The van der Waals surface area contributed by atoms with Gasteiger partial charge in [0.15, 0.2) is 0 Å². The summed E-state index contributed by atoms with van der Waals surface area (Å²) in [6.45, 7) is 0.955. The highest BCUT2D eigenvalue weighted by Crippen LogP contribution is 2.30. The third-order valence-electron chi connectivity index (χ3n) is 3.52. The maximum atomic E-state index is 4.64. The van der Waals surface area contributed by atoms with Gasteiger partial charge in [0.2, 0.25) is 0 Å². The lowest BCUT2D eigenvalue weighted by molar-refractivity contribution is 0.731. The summed E-state index contributed by atoms with van der Waals surface area (Å²) in [4.78, 5) is 4.64. The van der Waals surface area contributed by atoms with Crippen molar-refractivity contribution in [3.8, 4) is 0 Å². The number of halogens is 1. The number of amidine groups is 1. The van der Waals surface area contributed by atoms with E-state index in [1.54, 1.807) is 0 Å². The highest BCUT2D eigenvalue weighted by Gasteiger charge is 2.08. The van der Waals surface area contributed by atoms with E-state index in [-0.39, 0.29) is 0 Å². The van der Waals surface area contributed by atoms with Crippen LogP contribution in [0.15, 0.2) is 45.9 Å². The van der Waals surface area contributed by atoms with Crippen molar-refractivity contribution in [2.24, 2.45) is 4.99 Å². The number of hydrogen-bond acceptors (Lipinski definition) is 2. The van der Waals surface area contributed by atoms with Gasteiger partial charge >= 0.3 is 0 Å². The normalized spacial score (nSPS) is 15.9. The van der Waals surface area contributed by atoms with E-state index < -0.39 is 0 Å². The maximum Gasteiger partial charge on any atom is 0.101 e. The molecule has 0 unspecified atom stereocenters. The molecule has 0 fully saturated rings. The van der Waals surface area contributed by atoms with E-state index in [2.05, 4.69) is 62.6 Å². The lowest BCUT2D eigenvalue weighted by Gasteiger charge is -2.12. The van der Waals surface area contributed by atoms with Crippen LogP contribution in [-0.2, 0) is 0 Å². The summed E-state index contributed by atoms with van der Waals surface area (Å²) in [5.74, 6) is 1.13. The molecule has 0 saturated heterocycles. The molecule has 1 aliphatic heterocycles. The lowest BCUT2D eigenvalue weighted by atomic mass is 10.1. The number of fused-ring (bicyclic) bond motifs is 1. The van der Waals surface area contributed by atoms with Crippen LogP contribution in [0.4, 0.5) is 5.69 Å². The molecule has 0 atom stereocenters. The summed E-state index contributed by atoms with van der Waals surface area (Å²) >= 11 is 3.61. The molecule has 0 aliphatic carbocycles. The Balaban J connectivity index is 1.96. The molecule has 0 amide bonds. The number of rotatable bonds is 1. The average molecular weight is 317 g/mol. The monoisotopic (exact) mass is 316 g/mol. The van der Waals surface area contributed by atoms with Crippen molar-refractivity contribution in [3.63, 3.8) is 0 Å². The van der Waals surface area contributed by atoms with Gasteiger partial charge in [-0.2, -0.15) is 0 Å². The van der Waals surface area contributed by atoms with Crippen LogP contribution in [0, 0.1) is 0 Å². The molecule has 2 aromatic carbocycles. The topological polar surface area (TPSA) is 24.4 Å². The van der Waals surface area contributed by atoms with E-state index in [1.165, 1.54) is 30.0 Å². The summed E-state index contributed by atoms with van der Waals surface area (Å²) in [5, 5.41) is 6.00. The number of hydrogen-bond donors (Lipinski definition) is 1. The SMILES string of the molecule is Brc1ccc(NC2=NCCCCC2)c2ccccc12. The predicted octanol–water partition coefficient (Wildman–Crippen LogP) is 4.99. The largest absolute Gasteiger partial charge is 0.344 e. The van der Waals surface area contributed by atoms with Gasteiger partial charge in [-0.3, -0.25) is 4.99 Å². The molecule has 1 aliphatic rings. The first-order chi connectivity index (χ1) is 9.34. The first kappa shape index (κ1) is 12.7. The van der Waals surface area contributed by atoms with Crippen LogP contribution < -0.4 is 5.32 Å². The predicted molar refractivity (Wildman–Crippen MR) is 86.0 cm³/mol. The van der Waals surface area contributed by atoms with E-state index in [0.717, 1.165) is 29.0 Å². The first-order valence-electron chi connectivity index (χ1n) is 6.82. The molecule has 1 heterocycles. The third-order valence-corrected chi connectivity index (χ3v) is 4.22. The summed E-state index contributed by atoms with van der Waals surface area (Å²) in [6, 6.07) is 12.7. The van der Waals surface area contributed by atoms with Crippen molar-refractivity contribution < 1.29 is 0 Å². The number of benzene rings is 2. The van der Waals surface area contributed by atoms with E-state index in [4.69, 9.17) is 0 Å². The Hall–Kier alpha value is -1.35. The molecule has 2 nitrogen and oxygen atoms in total. The fraction of sp³-hybridized carbons (Fsp3) is 0.312. The van der Waals surface area contributed by atoms with Crippen LogP contribution in [-0.4, -0.2) is 12.4 Å². The maximum absolute atomic E-state index is 4.64. The minimum atomic E-state index is 0.955. The lowest BCUT2D eigenvalue weighted by Crippen LogP contribution is -2.11. The Kier molecular flexibility index (Phi) is 3.83. The fourth-order valence-electron chi connectivity index (χ4n) is 2.50. The summed E-state index contributed by atoms with van der Waals surface area (Å²) in [7, 11) is 0. The zero-order valence-electron chi connectivity index (χ0n) is 10.8. The minimum Gasteiger partial charge on any atom is -0.344 e. The zero-order valence-corrected chi connectivity index (χ0v) is 12.4. The van der Waals surface area contributed by atoms with Crippen LogP contribution in [0.3, 0.4) is 0 Å². The van der Waals surface area contributed by atoms with E-state index in [9.17, 15) is 0 Å². The Morgan fingerprint density at radius 2 is 1.79 bits per heavy atom. The van der Waals surface area contributed by atoms with Crippen molar-refractivity contribution >= 4 is 38.2 Å². The molecule has 0 spiro atoms. The molecule has 0 radical (unpaired) electrons. The van der Waals surface area contributed by atoms with Crippen LogP contribution in [0.1, 0.15) is 25.7 Å².